The minimum Gasteiger partial charge on any atom is -0.428 e. The Morgan fingerprint density at radius 1 is 0.950 bits per heavy atom. The molecule has 6 amide bonds. The lowest BCUT2D eigenvalue weighted by Crippen LogP contribution is -2.52. The number of imide groups is 2. The number of fused-ring (bicyclic) bond motifs is 1. The molecule has 0 radical (unpaired) electrons. The average Bonchev–Trinajstić information content (AvgIpc) is 3.43. The summed E-state index contributed by atoms with van der Waals surface area (Å²) in [6, 6.07) is 3.98. The fourth-order valence-corrected chi connectivity index (χ4v) is 5.56. The van der Waals surface area contributed by atoms with Crippen LogP contribution in [-0.4, -0.2) is 70.8 Å². The molecule has 1 saturated heterocycles. The smallest absolute Gasteiger partial charge is 0.414 e. The van der Waals surface area contributed by atoms with Crippen LogP contribution in [0.2, 0.25) is 0 Å². The van der Waals surface area contributed by atoms with Crippen molar-refractivity contribution in [2.75, 3.05) is 18.7 Å². The van der Waals surface area contributed by atoms with Crippen LogP contribution >= 0.6 is 0 Å². The second kappa shape index (κ2) is 11.3. The first-order valence-corrected chi connectivity index (χ1v) is 13.1. The van der Waals surface area contributed by atoms with E-state index in [0.29, 0.717) is 49.0 Å². The Bertz CT molecular complexity index is 1300. The van der Waals surface area contributed by atoms with E-state index >= 15 is 0 Å². The SMILES string of the molecule is O=C1CCC(N2Cc3c(NC(=O)OCOC(=O)C4CCC(CN5C(=O)C=CC5=O)CC4)cccc3C2=O)C(=O)N1. The van der Waals surface area contributed by atoms with E-state index in [1.165, 1.54) is 22.0 Å². The number of nitrogens with zero attached hydrogens (tertiary/aromatic N) is 2. The van der Waals surface area contributed by atoms with Crippen molar-refractivity contribution in [1.29, 1.82) is 0 Å². The zero-order valence-corrected chi connectivity index (χ0v) is 21.6. The summed E-state index contributed by atoms with van der Waals surface area (Å²) in [7, 11) is 0. The monoisotopic (exact) mass is 552 g/mol. The average molecular weight is 553 g/mol. The number of hydrogen-bond acceptors (Lipinski definition) is 9. The van der Waals surface area contributed by atoms with Crippen LogP contribution in [0.4, 0.5) is 10.5 Å². The summed E-state index contributed by atoms with van der Waals surface area (Å²) in [6.45, 7) is -0.190. The maximum atomic E-state index is 12.9. The maximum Gasteiger partial charge on any atom is 0.414 e. The Hall–Kier alpha value is -4.55. The van der Waals surface area contributed by atoms with Crippen molar-refractivity contribution in [2.24, 2.45) is 11.8 Å². The van der Waals surface area contributed by atoms with E-state index < -0.39 is 30.8 Å². The largest absolute Gasteiger partial charge is 0.428 e. The van der Waals surface area contributed by atoms with Crippen molar-refractivity contribution < 1.29 is 43.0 Å². The Balaban J connectivity index is 1.07. The van der Waals surface area contributed by atoms with Gasteiger partial charge in [0, 0.05) is 48.5 Å². The highest BCUT2D eigenvalue weighted by molar-refractivity contribution is 6.13. The lowest BCUT2D eigenvalue weighted by atomic mass is 9.82. The number of carbonyl (C=O) groups excluding carboxylic acids is 7. The van der Waals surface area contributed by atoms with Crippen LogP contribution in [0.5, 0.6) is 0 Å². The maximum absolute atomic E-state index is 12.9. The van der Waals surface area contributed by atoms with Crippen LogP contribution in [0, 0.1) is 11.8 Å². The van der Waals surface area contributed by atoms with E-state index in [9.17, 15) is 33.6 Å². The Kier molecular flexibility index (Phi) is 7.63. The summed E-state index contributed by atoms with van der Waals surface area (Å²) in [5.41, 5.74) is 1.16. The second-order valence-corrected chi connectivity index (χ2v) is 10.2. The molecule has 1 aromatic carbocycles. The van der Waals surface area contributed by atoms with Crippen LogP contribution in [-0.2, 0) is 40.0 Å². The number of nitrogens with one attached hydrogen (secondary N) is 2. The summed E-state index contributed by atoms with van der Waals surface area (Å²) in [6.07, 6.45) is 4.36. The molecular weight excluding hydrogens is 524 g/mol. The summed E-state index contributed by atoms with van der Waals surface area (Å²) >= 11 is 0. The molecule has 0 aromatic heterocycles. The van der Waals surface area contributed by atoms with Gasteiger partial charge >= 0.3 is 12.1 Å². The molecule has 0 bridgehead atoms. The first kappa shape index (κ1) is 27.0. The zero-order valence-electron chi connectivity index (χ0n) is 21.6. The third-order valence-electron chi connectivity index (χ3n) is 7.73. The number of anilines is 1. The molecule has 1 atom stereocenters. The molecule has 1 unspecified atom stereocenters. The molecule has 2 fully saturated rings. The van der Waals surface area contributed by atoms with Gasteiger partial charge in [0.05, 0.1) is 5.92 Å². The molecule has 40 heavy (non-hydrogen) atoms. The molecular formula is C27H28N4O9. The number of carbonyl (C=O) groups is 7. The molecule has 4 aliphatic rings. The topological polar surface area (TPSA) is 168 Å². The highest BCUT2D eigenvalue weighted by atomic mass is 16.7. The molecule has 2 N–H and O–H groups in total. The van der Waals surface area contributed by atoms with Gasteiger partial charge in [-0.3, -0.25) is 44.3 Å². The molecule has 210 valence electrons. The van der Waals surface area contributed by atoms with Crippen LogP contribution in [0.3, 0.4) is 0 Å². The van der Waals surface area contributed by atoms with Gasteiger partial charge in [0.15, 0.2) is 0 Å². The lowest BCUT2D eigenvalue weighted by Gasteiger charge is -2.29. The first-order chi connectivity index (χ1) is 19.2. The summed E-state index contributed by atoms with van der Waals surface area (Å²) in [5.74, 6) is -2.67. The Labute approximate surface area is 228 Å². The second-order valence-electron chi connectivity index (χ2n) is 10.2. The summed E-state index contributed by atoms with van der Waals surface area (Å²) < 4.78 is 10.2. The fraction of sp³-hybridized carbons (Fsp3) is 0.444. The summed E-state index contributed by atoms with van der Waals surface area (Å²) in [4.78, 5) is 87.6. The minimum absolute atomic E-state index is 0.0746. The van der Waals surface area contributed by atoms with Crippen molar-refractivity contribution in [2.45, 2.75) is 51.1 Å². The number of ether oxygens (including phenoxy) is 2. The zero-order chi connectivity index (χ0) is 28.4. The summed E-state index contributed by atoms with van der Waals surface area (Å²) in [5, 5.41) is 4.80. The van der Waals surface area contributed by atoms with E-state index in [1.54, 1.807) is 18.2 Å². The van der Waals surface area contributed by atoms with Crippen molar-refractivity contribution >= 4 is 47.3 Å². The molecule has 5 rings (SSSR count). The molecule has 13 nitrogen and oxygen atoms in total. The van der Waals surface area contributed by atoms with Crippen LogP contribution in [0.1, 0.15) is 54.4 Å². The van der Waals surface area contributed by atoms with Gasteiger partial charge in [-0.05, 0) is 50.2 Å². The molecule has 3 heterocycles. The van der Waals surface area contributed by atoms with E-state index in [2.05, 4.69) is 10.6 Å². The predicted octanol–water partition coefficient (Wildman–Crippen LogP) is 1.23. The number of esters is 1. The van der Waals surface area contributed by atoms with Crippen LogP contribution in [0.25, 0.3) is 0 Å². The molecule has 1 aromatic rings. The molecule has 0 spiro atoms. The normalized spacial score (nSPS) is 24.2. The van der Waals surface area contributed by atoms with E-state index in [4.69, 9.17) is 9.47 Å². The molecule has 3 aliphatic heterocycles. The van der Waals surface area contributed by atoms with Gasteiger partial charge in [0.25, 0.3) is 17.7 Å². The van der Waals surface area contributed by atoms with Crippen molar-refractivity contribution in [3.8, 4) is 0 Å². The van der Waals surface area contributed by atoms with Gasteiger partial charge in [-0.1, -0.05) is 6.07 Å². The highest BCUT2D eigenvalue weighted by Crippen LogP contribution is 2.33. The van der Waals surface area contributed by atoms with Crippen molar-refractivity contribution in [3.05, 3.63) is 41.5 Å². The predicted molar refractivity (Wildman–Crippen MR) is 135 cm³/mol. The van der Waals surface area contributed by atoms with E-state index in [-0.39, 0.29) is 54.9 Å². The molecule has 1 aliphatic carbocycles. The Morgan fingerprint density at radius 2 is 1.68 bits per heavy atom. The van der Waals surface area contributed by atoms with Gasteiger partial charge in [-0.2, -0.15) is 0 Å². The Morgan fingerprint density at radius 3 is 2.38 bits per heavy atom. The van der Waals surface area contributed by atoms with Gasteiger partial charge < -0.3 is 14.4 Å². The first-order valence-electron chi connectivity index (χ1n) is 13.1. The number of benzene rings is 1. The number of rotatable bonds is 7. The molecule has 1 saturated carbocycles. The van der Waals surface area contributed by atoms with Crippen molar-refractivity contribution in [1.82, 2.24) is 15.1 Å². The lowest BCUT2D eigenvalue weighted by molar-refractivity contribution is -0.158. The van der Waals surface area contributed by atoms with Gasteiger partial charge in [0.1, 0.15) is 6.04 Å². The number of piperidine rings is 1. The van der Waals surface area contributed by atoms with Crippen LogP contribution in [0.15, 0.2) is 30.4 Å². The number of amides is 6. The fourth-order valence-electron chi connectivity index (χ4n) is 5.56. The standard InChI is InChI=1S/C27H28N4O9/c32-21-9-8-20(24(35)29-21)30-13-18-17(25(30)36)2-1-3-19(18)28-27(38)40-14-39-26(37)16-6-4-15(5-7-16)12-31-22(33)10-11-23(31)34/h1-3,10-11,15-16,20H,4-9,12-14H2,(H,28,38)(H,29,32,35). The third kappa shape index (κ3) is 5.58. The highest BCUT2D eigenvalue weighted by Gasteiger charge is 2.40. The van der Waals surface area contributed by atoms with E-state index in [1.807, 2.05) is 0 Å². The van der Waals surface area contributed by atoms with Gasteiger partial charge in [-0.15, -0.1) is 0 Å². The minimum atomic E-state index is -0.884. The van der Waals surface area contributed by atoms with E-state index in [0.717, 1.165) is 0 Å². The van der Waals surface area contributed by atoms with Gasteiger partial charge in [-0.25, -0.2) is 4.79 Å². The van der Waals surface area contributed by atoms with Gasteiger partial charge in [0.2, 0.25) is 18.6 Å². The third-order valence-corrected chi connectivity index (χ3v) is 7.73. The molecule has 13 heteroatoms. The van der Waals surface area contributed by atoms with Crippen LogP contribution < -0.4 is 10.6 Å². The number of hydrogen-bond donors (Lipinski definition) is 2. The quantitative estimate of drug-likeness (QED) is 0.287. The van der Waals surface area contributed by atoms with Crippen molar-refractivity contribution in [3.63, 3.8) is 0 Å².